The number of hydrogen-bond acceptors (Lipinski definition) is 9. The molecule has 0 saturated carbocycles. The SMILES string of the molecule is Cc1c([N+](=O)[O-])cc(C(C)(C)c2cc([N+](=O)[O-])c(O)c([N+](=O)[O-])c2)cc1[N+](=O)[O-]. The van der Waals surface area contributed by atoms with Gasteiger partial charge in [-0.3, -0.25) is 40.5 Å². The summed E-state index contributed by atoms with van der Waals surface area (Å²) in [6.07, 6.45) is 0. The first-order valence-corrected chi connectivity index (χ1v) is 7.89. The fourth-order valence-corrected chi connectivity index (χ4v) is 2.83. The topological polar surface area (TPSA) is 193 Å². The molecule has 2 aromatic carbocycles. The third kappa shape index (κ3) is 3.65. The van der Waals surface area contributed by atoms with Crippen LogP contribution in [0.15, 0.2) is 24.3 Å². The number of benzene rings is 2. The molecule has 0 bridgehead atoms. The van der Waals surface area contributed by atoms with Crippen LogP contribution in [-0.2, 0) is 5.41 Å². The highest BCUT2D eigenvalue weighted by Gasteiger charge is 2.35. The Morgan fingerprint density at radius 2 is 0.966 bits per heavy atom. The summed E-state index contributed by atoms with van der Waals surface area (Å²) < 4.78 is 0. The van der Waals surface area contributed by atoms with E-state index >= 15 is 0 Å². The fourth-order valence-electron chi connectivity index (χ4n) is 2.83. The van der Waals surface area contributed by atoms with Crippen molar-refractivity contribution >= 4 is 22.7 Å². The van der Waals surface area contributed by atoms with Crippen LogP contribution < -0.4 is 0 Å². The van der Waals surface area contributed by atoms with Crippen LogP contribution in [0.4, 0.5) is 22.7 Å². The fraction of sp³-hybridized carbons (Fsp3) is 0.250. The van der Waals surface area contributed by atoms with Crippen molar-refractivity contribution in [2.24, 2.45) is 0 Å². The van der Waals surface area contributed by atoms with Gasteiger partial charge in [0.25, 0.3) is 17.1 Å². The maximum Gasteiger partial charge on any atom is 0.318 e. The molecule has 0 aliphatic rings. The first-order chi connectivity index (χ1) is 13.3. The molecular weight excluding hydrogens is 392 g/mol. The Bertz CT molecular complexity index is 925. The number of nitrogens with zero attached hydrogens (tertiary/aromatic N) is 4. The number of phenols is 1. The Balaban J connectivity index is 2.85. The molecule has 0 aromatic heterocycles. The molecule has 0 radical (unpaired) electrons. The van der Waals surface area contributed by atoms with Crippen LogP contribution in [0.25, 0.3) is 0 Å². The summed E-state index contributed by atoms with van der Waals surface area (Å²) >= 11 is 0. The second-order valence-electron chi connectivity index (χ2n) is 6.66. The third-order valence-corrected chi connectivity index (χ3v) is 4.65. The van der Waals surface area contributed by atoms with Crippen LogP contribution in [-0.4, -0.2) is 24.8 Å². The lowest BCUT2D eigenvalue weighted by atomic mass is 9.77. The molecule has 0 spiro atoms. The molecule has 13 nitrogen and oxygen atoms in total. The van der Waals surface area contributed by atoms with Crippen LogP contribution >= 0.6 is 0 Å². The molecule has 152 valence electrons. The van der Waals surface area contributed by atoms with Crippen molar-refractivity contribution < 1.29 is 24.8 Å². The van der Waals surface area contributed by atoms with Crippen molar-refractivity contribution in [1.82, 2.24) is 0 Å². The Morgan fingerprint density at radius 3 is 1.24 bits per heavy atom. The second-order valence-corrected chi connectivity index (χ2v) is 6.66. The van der Waals surface area contributed by atoms with Crippen molar-refractivity contribution in [2.45, 2.75) is 26.2 Å². The number of nitro groups is 4. The van der Waals surface area contributed by atoms with E-state index in [4.69, 9.17) is 0 Å². The van der Waals surface area contributed by atoms with Gasteiger partial charge in [0.2, 0.25) is 0 Å². The first-order valence-electron chi connectivity index (χ1n) is 7.89. The van der Waals surface area contributed by atoms with Gasteiger partial charge in [-0.1, -0.05) is 13.8 Å². The molecular formula is C16H14N4O9. The van der Waals surface area contributed by atoms with Gasteiger partial charge < -0.3 is 5.11 Å². The monoisotopic (exact) mass is 406 g/mol. The molecule has 0 aliphatic carbocycles. The van der Waals surface area contributed by atoms with Crippen molar-refractivity contribution in [3.63, 3.8) is 0 Å². The number of rotatable bonds is 6. The Labute approximate surface area is 161 Å². The average Bonchev–Trinajstić information content (AvgIpc) is 2.60. The van der Waals surface area contributed by atoms with E-state index in [-0.39, 0.29) is 16.7 Å². The predicted molar refractivity (Wildman–Crippen MR) is 98.0 cm³/mol. The molecule has 2 aromatic rings. The van der Waals surface area contributed by atoms with E-state index in [1.165, 1.54) is 20.8 Å². The molecule has 0 unspecified atom stereocenters. The largest absolute Gasteiger partial charge is 0.497 e. The van der Waals surface area contributed by atoms with Crippen LogP contribution in [0.1, 0.15) is 30.5 Å². The molecule has 0 saturated heterocycles. The van der Waals surface area contributed by atoms with E-state index in [0.717, 1.165) is 24.3 Å². The number of nitro benzene ring substituents is 4. The van der Waals surface area contributed by atoms with Crippen molar-refractivity contribution in [2.75, 3.05) is 0 Å². The van der Waals surface area contributed by atoms with Crippen LogP contribution in [0.2, 0.25) is 0 Å². The first kappa shape index (κ1) is 21.1. The Morgan fingerprint density at radius 1 is 0.690 bits per heavy atom. The zero-order valence-corrected chi connectivity index (χ0v) is 15.3. The van der Waals surface area contributed by atoms with Gasteiger partial charge in [-0.15, -0.1) is 0 Å². The highest BCUT2D eigenvalue weighted by molar-refractivity contribution is 5.64. The average molecular weight is 406 g/mol. The zero-order valence-electron chi connectivity index (χ0n) is 15.3. The molecule has 13 heteroatoms. The summed E-state index contributed by atoms with van der Waals surface area (Å²) in [5.41, 5.74) is -4.47. The van der Waals surface area contributed by atoms with Gasteiger partial charge in [-0.25, -0.2) is 0 Å². The van der Waals surface area contributed by atoms with Gasteiger partial charge in [0.15, 0.2) is 0 Å². The minimum absolute atomic E-state index is 0.0378. The molecule has 0 fully saturated rings. The summed E-state index contributed by atoms with van der Waals surface area (Å²) in [6, 6.07) is 3.93. The minimum atomic E-state index is -1.35. The maximum absolute atomic E-state index is 11.3. The van der Waals surface area contributed by atoms with Crippen LogP contribution in [0, 0.1) is 47.4 Å². The molecule has 0 amide bonds. The lowest BCUT2D eigenvalue weighted by Crippen LogP contribution is -2.20. The summed E-state index contributed by atoms with van der Waals surface area (Å²) in [4.78, 5) is 41.4. The lowest BCUT2D eigenvalue weighted by Gasteiger charge is -2.26. The number of hydrogen-bond donors (Lipinski definition) is 1. The maximum atomic E-state index is 11.3. The highest BCUT2D eigenvalue weighted by Crippen LogP contribution is 2.44. The molecule has 0 aliphatic heterocycles. The van der Waals surface area contributed by atoms with E-state index in [0.29, 0.717) is 0 Å². The van der Waals surface area contributed by atoms with E-state index in [1.54, 1.807) is 0 Å². The van der Waals surface area contributed by atoms with Gasteiger partial charge in [-0.05, 0) is 18.1 Å². The summed E-state index contributed by atoms with van der Waals surface area (Å²) in [6.45, 7) is 4.08. The zero-order chi connectivity index (χ0) is 22.3. The van der Waals surface area contributed by atoms with Crippen LogP contribution in [0.5, 0.6) is 5.75 Å². The second kappa shape index (κ2) is 7.10. The quantitative estimate of drug-likeness (QED) is 0.550. The van der Waals surface area contributed by atoms with Crippen molar-refractivity contribution in [1.29, 1.82) is 0 Å². The van der Waals surface area contributed by atoms with E-state index in [2.05, 4.69) is 0 Å². The van der Waals surface area contributed by atoms with Gasteiger partial charge in [-0.2, -0.15) is 0 Å². The Hall–Kier alpha value is -4.16. The number of phenolic OH excluding ortho intramolecular Hbond substituents is 1. The Kier molecular flexibility index (Phi) is 5.18. The van der Waals surface area contributed by atoms with Gasteiger partial charge >= 0.3 is 11.4 Å². The highest BCUT2D eigenvalue weighted by atomic mass is 16.6. The third-order valence-electron chi connectivity index (χ3n) is 4.65. The van der Waals surface area contributed by atoms with Gasteiger partial charge in [0, 0.05) is 29.7 Å². The minimum Gasteiger partial charge on any atom is -0.497 e. The summed E-state index contributed by atoms with van der Waals surface area (Å²) in [5.74, 6) is -1.14. The van der Waals surface area contributed by atoms with E-state index in [9.17, 15) is 45.6 Å². The molecule has 29 heavy (non-hydrogen) atoms. The molecule has 1 N–H and O–H groups in total. The predicted octanol–water partition coefficient (Wildman–Crippen LogP) is 3.66. The standard InChI is InChI=1S/C16H14N4O9/c1-8-11(17(22)23)4-9(5-12(8)18(24)25)16(2,3)10-6-13(19(26)27)15(21)14(7-10)20(28)29/h4-7,21H,1-3H3. The summed E-state index contributed by atoms with van der Waals surface area (Å²) in [5, 5.41) is 54.8. The van der Waals surface area contributed by atoms with E-state index < -0.39 is 53.6 Å². The van der Waals surface area contributed by atoms with Gasteiger partial charge in [0.05, 0.1) is 19.7 Å². The smallest absolute Gasteiger partial charge is 0.318 e. The molecule has 2 rings (SSSR count). The van der Waals surface area contributed by atoms with Gasteiger partial charge in [0.1, 0.15) is 5.56 Å². The van der Waals surface area contributed by atoms with Crippen LogP contribution in [0.3, 0.4) is 0 Å². The number of aromatic hydroxyl groups is 1. The van der Waals surface area contributed by atoms with Crippen molar-refractivity contribution in [3.8, 4) is 5.75 Å². The molecule has 0 atom stereocenters. The molecule has 0 heterocycles. The normalized spacial score (nSPS) is 11.1. The van der Waals surface area contributed by atoms with Crippen molar-refractivity contribution in [3.05, 3.63) is 81.4 Å². The lowest BCUT2D eigenvalue weighted by molar-refractivity contribution is -0.396. The summed E-state index contributed by atoms with van der Waals surface area (Å²) in [7, 11) is 0. The van der Waals surface area contributed by atoms with E-state index in [1.807, 2.05) is 0 Å².